The normalized spacial score (nSPS) is 10.9. The summed E-state index contributed by atoms with van der Waals surface area (Å²) in [5.74, 6) is -2.01. The van der Waals surface area contributed by atoms with Crippen molar-refractivity contribution in [2.75, 3.05) is 0 Å². The molecule has 2 aromatic rings. The van der Waals surface area contributed by atoms with Crippen LogP contribution in [0.1, 0.15) is 15.9 Å². The van der Waals surface area contributed by atoms with E-state index in [1.165, 1.54) is 36.4 Å². The Hall–Kier alpha value is -3.48. The number of hydrogen-bond donors (Lipinski definition) is 2. The Balaban J connectivity index is 2.34. The van der Waals surface area contributed by atoms with Gasteiger partial charge in [0, 0.05) is 11.6 Å². The van der Waals surface area contributed by atoms with Crippen molar-refractivity contribution >= 4 is 23.6 Å². The van der Waals surface area contributed by atoms with E-state index >= 15 is 0 Å². The van der Waals surface area contributed by atoms with Gasteiger partial charge >= 0.3 is 5.97 Å². The number of amides is 1. The van der Waals surface area contributed by atoms with E-state index in [1.54, 1.807) is 18.2 Å². The zero-order valence-electron chi connectivity index (χ0n) is 11.8. The Morgan fingerprint density at radius 2 is 1.65 bits per heavy atom. The molecular weight excluding hydrogens is 300 g/mol. The standard InChI is InChI=1S/C16H12N2O5/c19-15(11-6-2-1-3-7-11)17-13(16(20)21)10-12-8-4-5-9-14(12)18(22)23/h1-10H,(H,17,19)(H,20,21)/b13-10+. The molecule has 2 N–H and O–H groups in total. The summed E-state index contributed by atoms with van der Waals surface area (Å²) in [7, 11) is 0. The molecule has 0 unspecified atom stereocenters. The number of carboxylic acids is 1. The van der Waals surface area contributed by atoms with Crippen LogP contribution in [0.4, 0.5) is 5.69 Å². The molecule has 0 fully saturated rings. The van der Waals surface area contributed by atoms with E-state index in [0.29, 0.717) is 0 Å². The molecule has 2 aromatic carbocycles. The molecule has 7 heteroatoms. The van der Waals surface area contributed by atoms with Crippen LogP contribution in [0.3, 0.4) is 0 Å². The molecule has 0 aliphatic heterocycles. The number of benzene rings is 2. The lowest BCUT2D eigenvalue weighted by molar-refractivity contribution is -0.385. The highest BCUT2D eigenvalue weighted by Gasteiger charge is 2.16. The van der Waals surface area contributed by atoms with E-state index in [2.05, 4.69) is 5.32 Å². The minimum absolute atomic E-state index is 0.0864. The molecule has 2 rings (SSSR count). The van der Waals surface area contributed by atoms with Gasteiger partial charge in [-0.05, 0) is 24.3 Å². The lowest BCUT2D eigenvalue weighted by atomic mass is 10.1. The highest BCUT2D eigenvalue weighted by Crippen LogP contribution is 2.20. The Morgan fingerprint density at radius 1 is 1.04 bits per heavy atom. The van der Waals surface area contributed by atoms with Crippen molar-refractivity contribution in [2.45, 2.75) is 0 Å². The van der Waals surface area contributed by atoms with E-state index in [9.17, 15) is 24.8 Å². The smallest absolute Gasteiger partial charge is 0.352 e. The Morgan fingerprint density at radius 3 is 2.26 bits per heavy atom. The quantitative estimate of drug-likeness (QED) is 0.500. The van der Waals surface area contributed by atoms with Gasteiger partial charge in [-0.1, -0.05) is 30.3 Å². The number of nitrogens with one attached hydrogen (secondary N) is 1. The van der Waals surface area contributed by atoms with Gasteiger partial charge in [-0.3, -0.25) is 14.9 Å². The lowest BCUT2D eigenvalue weighted by Crippen LogP contribution is -2.27. The second-order valence-electron chi connectivity index (χ2n) is 4.50. The van der Waals surface area contributed by atoms with E-state index in [1.807, 2.05) is 0 Å². The second-order valence-corrected chi connectivity index (χ2v) is 4.50. The Labute approximate surface area is 131 Å². The van der Waals surface area contributed by atoms with Gasteiger partial charge in [0.2, 0.25) is 0 Å². The summed E-state index contributed by atoms with van der Waals surface area (Å²) in [6.45, 7) is 0. The third-order valence-electron chi connectivity index (χ3n) is 2.95. The fraction of sp³-hybridized carbons (Fsp3) is 0. The third-order valence-corrected chi connectivity index (χ3v) is 2.95. The fourth-order valence-corrected chi connectivity index (χ4v) is 1.87. The summed E-state index contributed by atoms with van der Waals surface area (Å²) in [5, 5.41) is 22.4. The number of carbonyl (C=O) groups is 2. The van der Waals surface area contributed by atoms with E-state index in [-0.39, 0.29) is 16.8 Å². The van der Waals surface area contributed by atoms with Crippen LogP contribution in [0.25, 0.3) is 6.08 Å². The van der Waals surface area contributed by atoms with E-state index < -0.39 is 22.5 Å². The van der Waals surface area contributed by atoms with E-state index in [0.717, 1.165) is 6.08 Å². The highest BCUT2D eigenvalue weighted by atomic mass is 16.6. The van der Waals surface area contributed by atoms with Crippen molar-refractivity contribution in [1.82, 2.24) is 5.32 Å². The maximum absolute atomic E-state index is 12.0. The molecule has 116 valence electrons. The molecule has 7 nitrogen and oxygen atoms in total. The summed E-state index contributed by atoms with van der Waals surface area (Å²) in [4.78, 5) is 33.7. The first kappa shape index (κ1) is 15.9. The van der Waals surface area contributed by atoms with Crippen molar-refractivity contribution in [3.05, 3.63) is 81.5 Å². The number of nitro benzene ring substituents is 1. The number of hydrogen-bond acceptors (Lipinski definition) is 4. The van der Waals surface area contributed by atoms with Crippen molar-refractivity contribution in [3.8, 4) is 0 Å². The molecule has 0 spiro atoms. The number of nitrogens with zero attached hydrogens (tertiary/aromatic N) is 1. The minimum atomic E-state index is -1.40. The average molecular weight is 312 g/mol. The van der Waals surface area contributed by atoms with Crippen LogP contribution in [0.5, 0.6) is 0 Å². The van der Waals surface area contributed by atoms with Crippen LogP contribution in [-0.2, 0) is 4.79 Å². The van der Waals surface area contributed by atoms with Gasteiger partial charge in [0.05, 0.1) is 10.5 Å². The van der Waals surface area contributed by atoms with Crippen molar-refractivity contribution < 1.29 is 19.6 Å². The Kier molecular flexibility index (Phi) is 4.83. The second kappa shape index (κ2) is 6.99. The fourth-order valence-electron chi connectivity index (χ4n) is 1.87. The van der Waals surface area contributed by atoms with Crippen LogP contribution in [0.2, 0.25) is 0 Å². The van der Waals surface area contributed by atoms with Gasteiger partial charge in [-0.2, -0.15) is 0 Å². The number of nitro groups is 1. The number of para-hydroxylation sites is 1. The molecule has 0 aliphatic rings. The summed E-state index contributed by atoms with van der Waals surface area (Å²) in [6, 6.07) is 13.7. The largest absolute Gasteiger partial charge is 0.477 e. The number of carbonyl (C=O) groups excluding carboxylic acids is 1. The van der Waals surface area contributed by atoms with Crippen LogP contribution in [-0.4, -0.2) is 21.9 Å². The summed E-state index contributed by atoms with van der Waals surface area (Å²) in [5.41, 5.74) is -0.334. The summed E-state index contributed by atoms with van der Waals surface area (Å²) < 4.78 is 0. The Bertz CT molecular complexity index is 784. The van der Waals surface area contributed by atoms with E-state index in [4.69, 9.17) is 0 Å². The van der Waals surface area contributed by atoms with Gasteiger partial charge in [-0.25, -0.2) is 4.79 Å². The molecule has 1 amide bonds. The SMILES string of the molecule is O=C(O)/C(=C\c1ccccc1[N+](=O)[O-])NC(=O)c1ccccc1. The molecular formula is C16H12N2O5. The first-order chi connectivity index (χ1) is 11.0. The summed E-state index contributed by atoms with van der Waals surface area (Å²) in [6.07, 6.45) is 1.06. The molecule has 0 aliphatic carbocycles. The first-order valence-corrected chi connectivity index (χ1v) is 6.54. The molecule has 0 heterocycles. The molecule has 0 atom stereocenters. The van der Waals surface area contributed by atoms with Crippen LogP contribution in [0, 0.1) is 10.1 Å². The molecule has 0 aromatic heterocycles. The number of aliphatic carboxylic acids is 1. The maximum atomic E-state index is 12.0. The third kappa shape index (κ3) is 4.01. The van der Waals surface area contributed by atoms with Gasteiger partial charge in [0.15, 0.2) is 0 Å². The van der Waals surface area contributed by atoms with Crippen molar-refractivity contribution in [2.24, 2.45) is 0 Å². The van der Waals surface area contributed by atoms with Crippen molar-refractivity contribution in [3.63, 3.8) is 0 Å². The lowest BCUT2D eigenvalue weighted by Gasteiger charge is -2.06. The number of carboxylic acid groups (broad SMARTS) is 1. The summed E-state index contributed by atoms with van der Waals surface area (Å²) >= 11 is 0. The van der Waals surface area contributed by atoms with Crippen molar-refractivity contribution in [1.29, 1.82) is 0 Å². The van der Waals surface area contributed by atoms with Gasteiger partial charge in [0.25, 0.3) is 11.6 Å². The number of rotatable bonds is 5. The monoisotopic (exact) mass is 312 g/mol. The predicted molar refractivity (Wildman–Crippen MR) is 82.6 cm³/mol. The van der Waals surface area contributed by atoms with Crippen LogP contribution >= 0.6 is 0 Å². The van der Waals surface area contributed by atoms with Crippen LogP contribution < -0.4 is 5.32 Å². The topological polar surface area (TPSA) is 110 Å². The van der Waals surface area contributed by atoms with Crippen LogP contribution in [0.15, 0.2) is 60.3 Å². The zero-order chi connectivity index (χ0) is 16.8. The maximum Gasteiger partial charge on any atom is 0.352 e. The first-order valence-electron chi connectivity index (χ1n) is 6.54. The van der Waals surface area contributed by atoms with Gasteiger partial charge < -0.3 is 10.4 Å². The predicted octanol–water partition coefficient (Wildman–Crippen LogP) is 2.45. The molecule has 0 saturated carbocycles. The average Bonchev–Trinajstić information content (AvgIpc) is 2.55. The molecule has 23 heavy (non-hydrogen) atoms. The molecule has 0 bridgehead atoms. The zero-order valence-corrected chi connectivity index (χ0v) is 11.8. The highest BCUT2D eigenvalue weighted by molar-refractivity contribution is 6.02. The van der Waals surface area contributed by atoms with Gasteiger partial charge in [-0.15, -0.1) is 0 Å². The minimum Gasteiger partial charge on any atom is -0.477 e. The molecule has 0 saturated heterocycles. The van der Waals surface area contributed by atoms with Gasteiger partial charge in [0.1, 0.15) is 5.70 Å². The molecule has 0 radical (unpaired) electrons.